The Kier molecular flexibility index (Phi) is 3.65. The maximum atomic E-state index is 3.31. The van der Waals surface area contributed by atoms with E-state index in [1.165, 1.54) is 36.9 Å². The average molecular weight is 217 g/mol. The van der Waals surface area contributed by atoms with Gasteiger partial charge in [0.25, 0.3) is 0 Å². The lowest BCUT2D eigenvalue weighted by atomic mass is 9.70. The molecule has 1 aromatic carbocycles. The molecule has 2 rings (SSSR count). The molecule has 0 radical (unpaired) electrons. The molecule has 1 aliphatic carbocycles. The molecule has 1 aromatic rings. The van der Waals surface area contributed by atoms with Crippen LogP contribution in [-0.2, 0) is 6.42 Å². The first-order valence-electron chi connectivity index (χ1n) is 6.41. The highest BCUT2D eigenvalue weighted by molar-refractivity contribution is 5.31. The third-order valence-corrected chi connectivity index (χ3v) is 4.03. The lowest BCUT2D eigenvalue weighted by Gasteiger charge is -2.37. The van der Waals surface area contributed by atoms with Gasteiger partial charge >= 0.3 is 0 Å². The fraction of sp³-hybridized carbons (Fsp3) is 0.600. The van der Waals surface area contributed by atoms with Gasteiger partial charge in [-0.05, 0) is 69.7 Å². The molecule has 0 spiro atoms. The molecule has 1 nitrogen and oxygen atoms in total. The van der Waals surface area contributed by atoms with Crippen molar-refractivity contribution < 1.29 is 0 Å². The summed E-state index contributed by atoms with van der Waals surface area (Å²) in [5.74, 6) is 1.82. The SMILES string of the molecule is CNCC1CCC1Cc1cc(C)ccc1C. The predicted molar refractivity (Wildman–Crippen MR) is 69.8 cm³/mol. The van der Waals surface area contributed by atoms with Crippen molar-refractivity contribution in [2.24, 2.45) is 11.8 Å². The second-order valence-electron chi connectivity index (χ2n) is 5.29. The van der Waals surface area contributed by atoms with Gasteiger partial charge in [-0.25, -0.2) is 0 Å². The summed E-state index contributed by atoms with van der Waals surface area (Å²) in [5.41, 5.74) is 4.41. The van der Waals surface area contributed by atoms with Gasteiger partial charge in [-0.1, -0.05) is 23.8 Å². The zero-order chi connectivity index (χ0) is 11.5. The summed E-state index contributed by atoms with van der Waals surface area (Å²) in [6.45, 7) is 5.62. The van der Waals surface area contributed by atoms with Crippen molar-refractivity contribution in [2.45, 2.75) is 33.1 Å². The first kappa shape index (κ1) is 11.7. The molecule has 2 unspecified atom stereocenters. The van der Waals surface area contributed by atoms with E-state index < -0.39 is 0 Å². The van der Waals surface area contributed by atoms with E-state index in [4.69, 9.17) is 0 Å². The second kappa shape index (κ2) is 5.01. The van der Waals surface area contributed by atoms with Crippen molar-refractivity contribution in [3.63, 3.8) is 0 Å². The predicted octanol–water partition coefficient (Wildman–Crippen LogP) is 3.09. The molecule has 0 heterocycles. The van der Waals surface area contributed by atoms with Crippen LogP contribution >= 0.6 is 0 Å². The summed E-state index contributed by atoms with van der Waals surface area (Å²) in [5, 5.41) is 3.31. The van der Waals surface area contributed by atoms with Gasteiger partial charge in [0.1, 0.15) is 0 Å². The van der Waals surface area contributed by atoms with Crippen LogP contribution in [0.25, 0.3) is 0 Å². The minimum absolute atomic E-state index is 0.907. The van der Waals surface area contributed by atoms with Gasteiger partial charge in [0.2, 0.25) is 0 Å². The molecular weight excluding hydrogens is 194 g/mol. The summed E-state index contributed by atoms with van der Waals surface area (Å²) in [6, 6.07) is 6.84. The summed E-state index contributed by atoms with van der Waals surface area (Å²) >= 11 is 0. The van der Waals surface area contributed by atoms with Gasteiger partial charge in [-0.3, -0.25) is 0 Å². The Hall–Kier alpha value is -0.820. The van der Waals surface area contributed by atoms with Crippen LogP contribution in [0.2, 0.25) is 0 Å². The summed E-state index contributed by atoms with van der Waals surface area (Å²) in [7, 11) is 2.06. The molecule has 0 saturated heterocycles. The summed E-state index contributed by atoms with van der Waals surface area (Å²) in [4.78, 5) is 0. The first-order chi connectivity index (χ1) is 7.70. The van der Waals surface area contributed by atoms with Crippen LogP contribution in [0.4, 0.5) is 0 Å². The molecule has 16 heavy (non-hydrogen) atoms. The quantitative estimate of drug-likeness (QED) is 0.817. The fourth-order valence-corrected chi connectivity index (χ4v) is 2.74. The van der Waals surface area contributed by atoms with E-state index >= 15 is 0 Å². The minimum Gasteiger partial charge on any atom is -0.319 e. The molecule has 0 bridgehead atoms. The second-order valence-corrected chi connectivity index (χ2v) is 5.29. The van der Waals surface area contributed by atoms with Crippen LogP contribution in [0.15, 0.2) is 18.2 Å². The van der Waals surface area contributed by atoms with E-state index in [9.17, 15) is 0 Å². The minimum atomic E-state index is 0.907. The van der Waals surface area contributed by atoms with Gasteiger partial charge in [0.05, 0.1) is 0 Å². The molecule has 0 amide bonds. The van der Waals surface area contributed by atoms with Crippen LogP contribution in [0.5, 0.6) is 0 Å². The van der Waals surface area contributed by atoms with E-state index in [1.807, 2.05) is 0 Å². The summed E-state index contributed by atoms with van der Waals surface area (Å²) in [6.07, 6.45) is 4.11. The van der Waals surface area contributed by atoms with Crippen LogP contribution in [0.1, 0.15) is 29.5 Å². The van der Waals surface area contributed by atoms with E-state index in [0.29, 0.717) is 0 Å². The van der Waals surface area contributed by atoms with E-state index in [0.717, 1.165) is 11.8 Å². The van der Waals surface area contributed by atoms with Crippen molar-refractivity contribution in [1.29, 1.82) is 0 Å². The zero-order valence-electron chi connectivity index (χ0n) is 10.7. The highest BCUT2D eigenvalue weighted by Crippen LogP contribution is 2.36. The number of rotatable bonds is 4. The molecule has 1 N–H and O–H groups in total. The van der Waals surface area contributed by atoms with Crippen LogP contribution in [0.3, 0.4) is 0 Å². The molecule has 1 heteroatoms. The van der Waals surface area contributed by atoms with E-state index in [1.54, 1.807) is 5.56 Å². The largest absolute Gasteiger partial charge is 0.319 e. The van der Waals surface area contributed by atoms with Crippen LogP contribution in [-0.4, -0.2) is 13.6 Å². The number of nitrogens with one attached hydrogen (secondary N) is 1. The maximum Gasteiger partial charge on any atom is -0.00208 e. The number of benzene rings is 1. The number of aryl methyl sites for hydroxylation is 2. The molecule has 1 saturated carbocycles. The van der Waals surface area contributed by atoms with Crippen molar-refractivity contribution >= 4 is 0 Å². The number of hydrogen-bond donors (Lipinski definition) is 1. The monoisotopic (exact) mass is 217 g/mol. The summed E-state index contributed by atoms with van der Waals surface area (Å²) < 4.78 is 0. The Bertz CT molecular complexity index is 356. The molecule has 0 aromatic heterocycles. The molecule has 2 atom stereocenters. The Morgan fingerprint density at radius 3 is 2.56 bits per heavy atom. The zero-order valence-corrected chi connectivity index (χ0v) is 10.7. The molecular formula is C15H23N. The van der Waals surface area contributed by atoms with Crippen molar-refractivity contribution in [3.8, 4) is 0 Å². The normalized spacial score (nSPS) is 24.2. The molecule has 1 aliphatic rings. The van der Waals surface area contributed by atoms with E-state index in [2.05, 4.69) is 44.4 Å². The van der Waals surface area contributed by atoms with E-state index in [-0.39, 0.29) is 0 Å². The van der Waals surface area contributed by atoms with Crippen molar-refractivity contribution in [2.75, 3.05) is 13.6 Å². The van der Waals surface area contributed by atoms with Gasteiger partial charge in [-0.15, -0.1) is 0 Å². The Morgan fingerprint density at radius 1 is 1.19 bits per heavy atom. The Balaban J connectivity index is 2.01. The smallest absolute Gasteiger partial charge is 0.00208 e. The van der Waals surface area contributed by atoms with Gasteiger partial charge in [0.15, 0.2) is 0 Å². The fourth-order valence-electron chi connectivity index (χ4n) is 2.74. The first-order valence-corrected chi connectivity index (χ1v) is 6.41. The van der Waals surface area contributed by atoms with Crippen molar-refractivity contribution in [1.82, 2.24) is 5.32 Å². The maximum absolute atomic E-state index is 3.31. The van der Waals surface area contributed by atoms with Gasteiger partial charge in [0, 0.05) is 0 Å². The molecule has 1 fully saturated rings. The highest BCUT2D eigenvalue weighted by atomic mass is 14.8. The third-order valence-electron chi connectivity index (χ3n) is 4.03. The average Bonchev–Trinajstić information content (AvgIpc) is 2.25. The van der Waals surface area contributed by atoms with Crippen LogP contribution in [0, 0.1) is 25.7 Å². The van der Waals surface area contributed by atoms with Gasteiger partial charge < -0.3 is 5.32 Å². The standard InChI is InChI=1S/C15H23N/c1-11-4-5-12(2)15(8-11)9-13-6-7-14(13)10-16-3/h4-5,8,13-14,16H,6-7,9-10H2,1-3H3. The topological polar surface area (TPSA) is 12.0 Å². The third kappa shape index (κ3) is 2.46. The lowest BCUT2D eigenvalue weighted by molar-refractivity contribution is 0.174. The van der Waals surface area contributed by atoms with Crippen molar-refractivity contribution in [3.05, 3.63) is 34.9 Å². The highest BCUT2D eigenvalue weighted by Gasteiger charge is 2.30. The van der Waals surface area contributed by atoms with Gasteiger partial charge in [-0.2, -0.15) is 0 Å². The lowest BCUT2D eigenvalue weighted by Crippen LogP contribution is -2.35. The molecule has 0 aliphatic heterocycles. The van der Waals surface area contributed by atoms with Crippen LogP contribution < -0.4 is 5.32 Å². The Morgan fingerprint density at radius 2 is 1.94 bits per heavy atom. The molecule has 88 valence electrons. The number of hydrogen-bond acceptors (Lipinski definition) is 1. The Labute approximate surface area is 99.3 Å².